The van der Waals surface area contributed by atoms with Crippen LogP contribution in [0.25, 0.3) is 0 Å². The van der Waals surface area contributed by atoms with E-state index in [2.05, 4.69) is 6.58 Å². The standard InChI is InChI=1S/C11H22O3Si/c1-4-11(12)14-9-7-5-6-8-10-15(2,3)13/h4,13H,1,5-10H2,2-3H3. The first kappa shape index (κ1) is 14.4. The summed E-state index contributed by atoms with van der Waals surface area (Å²) in [6.07, 6.45) is 5.30. The van der Waals surface area contributed by atoms with Crippen LogP contribution in [0.2, 0.25) is 19.1 Å². The van der Waals surface area contributed by atoms with Crippen LogP contribution in [-0.2, 0) is 9.53 Å². The molecular weight excluding hydrogens is 208 g/mol. The molecule has 0 aromatic rings. The zero-order valence-electron chi connectivity index (χ0n) is 9.79. The first-order chi connectivity index (χ1) is 6.95. The van der Waals surface area contributed by atoms with Gasteiger partial charge in [-0.15, -0.1) is 0 Å². The molecule has 0 aromatic heterocycles. The second-order valence-electron chi connectivity index (χ2n) is 4.35. The van der Waals surface area contributed by atoms with Crippen molar-refractivity contribution in [3.63, 3.8) is 0 Å². The monoisotopic (exact) mass is 230 g/mol. The van der Waals surface area contributed by atoms with Gasteiger partial charge in [-0.05, 0) is 25.6 Å². The van der Waals surface area contributed by atoms with E-state index in [1.807, 2.05) is 13.1 Å². The van der Waals surface area contributed by atoms with Crippen LogP contribution < -0.4 is 0 Å². The predicted octanol–water partition coefficient (Wildman–Crippen LogP) is 2.47. The van der Waals surface area contributed by atoms with Gasteiger partial charge in [-0.2, -0.15) is 0 Å². The number of unbranched alkanes of at least 4 members (excludes halogenated alkanes) is 3. The number of rotatable bonds is 8. The van der Waals surface area contributed by atoms with Gasteiger partial charge in [-0.3, -0.25) is 0 Å². The lowest BCUT2D eigenvalue weighted by atomic mass is 10.2. The lowest BCUT2D eigenvalue weighted by molar-refractivity contribution is -0.137. The summed E-state index contributed by atoms with van der Waals surface area (Å²) in [5.41, 5.74) is 0. The zero-order valence-corrected chi connectivity index (χ0v) is 10.8. The maximum Gasteiger partial charge on any atom is 0.330 e. The highest BCUT2D eigenvalue weighted by Gasteiger charge is 2.15. The molecule has 0 atom stereocenters. The third-order valence-electron chi connectivity index (χ3n) is 2.09. The van der Waals surface area contributed by atoms with Crippen molar-refractivity contribution in [1.82, 2.24) is 0 Å². The van der Waals surface area contributed by atoms with Gasteiger partial charge in [0.25, 0.3) is 0 Å². The van der Waals surface area contributed by atoms with Gasteiger partial charge in [-0.1, -0.05) is 25.8 Å². The van der Waals surface area contributed by atoms with E-state index < -0.39 is 8.32 Å². The fourth-order valence-corrected chi connectivity index (χ4v) is 2.36. The summed E-state index contributed by atoms with van der Waals surface area (Å²) in [5.74, 6) is -0.348. The molecule has 0 aliphatic carbocycles. The van der Waals surface area contributed by atoms with Gasteiger partial charge in [0.1, 0.15) is 0 Å². The summed E-state index contributed by atoms with van der Waals surface area (Å²) in [6.45, 7) is 7.71. The van der Waals surface area contributed by atoms with Crippen molar-refractivity contribution < 1.29 is 14.3 Å². The van der Waals surface area contributed by atoms with Gasteiger partial charge in [-0.25, -0.2) is 4.79 Å². The van der Waals surface area contributed by atoms with Crippen LogP contribution in [0.15, 0.2) is 12.7 Å². The summed E-state index contributed by atoms with van der Waals surface area (Å²) >= 11 is 0. The molecule has 0 bridgehead atoms. The van der Waals surface area contributed by atoms with Crippen molar-refractivity contribution in [2.45, 2.75) is 44.8 Å². The Bertz CT molecular complexity index is 196. The average molecular weight is 230 g/mol. The van der Waals surface area contributed by atoms with Crippen molar-refractivity contribution in [2.75, 3.05) is 6.61 Å². The Hall–Kier alpha value is -0.613. The van der Waals surface area contributed by atoms with Crippen molar-refractivity contribution in [1.29, 1.82) is 0 Å². The van der Waals surface area contributed by atoms with E-state index in [-0.39, 0.29) is 5.97 Å². The molecule has 88 valence electrons. The van der Waals surface area contributed by atoms with Crippen LogP contribution in [0.1, 0.15) is 25.7 Å². The van der Waals surface area contributed by atoms with E-state index in [1.165, 1.54) is 6.08 Å². The quantitative estimate of drug-likeness (QED) is 0.301. The minimum absolute atomic E-state index is 0.348. The lowest BCUT2D eigenvalue weighted by Crippen LogP contribution is -2.23. The van der Waals surface area contributed by atoms with Crippen molar-refractivity contribution in [3.8, 4) is 0 Å². The van der Waals surface area contributed by atoms with Gasteiger partial charge in [0.2, 0.25) is 0 Å². The van der Waals surface area contributed by atoms with Gasteiger partial charge in [0.05, 0.1) is 6.61 Å². The molecular formula is C11H22O3Si. The number of ether oxygens (including phenoxy) is 1. The normalized spacial score (nSPS) is 11.1. The smallest absolute Gasteiger partial charge is 0.330 e. The molecule has 0 saturated heterocycles. The van der Waals surface area contributed by atoms with Gasteiger partial charge < -0.3 is 9.53 Å². The molecule has 0 aliphatic rings. The number of carbonyl (C=O) groups is 1. The van der Waals surface area contributed by atoms with E-state index in [0.717, 1.165) is 31.7 Å². The van der Waals surface area contributed by atoms with Crippen LogP contribution >= 0.6 is 0 Å². The Balaban J connectivity index is 3.19. The number of hydrogen-bond acceptors (Lipinski definition) is 3. The van der Waals surface area contributed by atoms with Gasteiger partial charge >= 0.3 is 5.97 Å². The third kappa shape index (κ3) is 11.3. The van der Waals surface area contributed by atoms with Crippen molar-refractivity contribution >= 4 is 14.3 Å². The van der Waals surface area contributed by atoms with Gasteiger partial charge in [0, 0.05) is 6.08 Å². The third-order valence-corrected chi connectivity index (χ3v) is 3.67. The molecule has 0 radical (unpaired) electrons. The Labute approximate surface area is 93.3 Å². The molecule has 15 heavy (non-hydrogen) atoms. The predicted molar refractivity (Wildman–Crippen MR) is 64.1 cm³/mol. The number of hydrogen-bond donors (Lipinski definition) is 1. The summed E-state index contributed by atoms with van der Waals surface area (Å²) in [5, 5.41) is 0. The first-order valence-corrected chi connectivity index (χ1v) is 8.63. The number of esters is 1. The molecule has 0 unspecified atom stereocenters. The molecule has 0 spiro atoms. The zero-order chi connectivity index (χ0) is 11.7. The Morgan fingerprint density at radius 1 is 1.33 bits per heavy atom. The average Bonchev–Trinajstić information content (AvgIpc) is 2.14. The van der Waals surface area contributed by atoms with E-state index in [0.29, 0.717) is 6.61 Å². The molecule has 0 amide bonds. The second-order valence-corrected chi connectivity index (χ2v) is 8.47. The highest BCUT2D eigenvalue weighted by atomic mass is 28.4. The van der Waals surface area contributed by atoms with Crippen molar-refractivity contribution in [2.24, 2.45) is 0 Å². The Morgan fingerprint density at radius 2 is 1.93 bits per heavy atom. The molecule has 0 saturated carbocycles. The molecule has 0 aliphatic heterocycles. The number of carbonyl (C=O) groups excluding carboxylic acids is 1. The van der Waals surface area contributed by atoms with Crippen LogP contribution in [0.4, 0.5) is 0 Å². The molecule has 1 N–H and O–H groups in total. The largest absolute Gasteiger partial charge is 0.463 e. The highest BCUT2D eigenvalue weighted by Crippen LogP contribution is 2.12. The fourth-order valence-electron chi connectivity index (χ4n) is 1.24. The molecule has 3 nitrogen and oxygen atoms in total. The van der Waals surface area contributed by atoms with Crippen LogP contribution in [0.5, 0.6) is 0 Å². The summed E-state index contributed by atoms with van der Waals surface area (Å²) in [7, 11) is -1.85. The highest BCUT2D eigenvalue weighted by molar-refractivity contribution is 6.69. The van der Waals surface area contributed by atoms with E-state index in [4.69, 9.17) is 4.74 Å². The SMILES string of the molecule is C=CC(=O)OCCCCCC[Si](C)(C)O. The topological polar surface area (TPSA) is 46.5 Å². The maximum atomic E-state index is 10.7. The van der Waals surface area contributed by atoms with E-state index in [1.54, 1.807) is 0 Å². The van der Waals surface area contributed by atoms with Crippen LogP contribution in [-0.4, -0.2) is 25.7 Å². The molecule has 0 fully saturated rings. The van der Waals surface area contributed by atoms with Crippen molar-refractivity contribution in [3.05, 3.63) is 12.7 Å². The molecule has 0 rings (SSSR count). The summed E-state index contributed by atoms with van der Waals surface area (Å²) in [6, 6.07) is 0.958. The van der Waals surface area contributed by atoms with Crippen LogP contribution in [0.3, 0.4) is 0 Å². The first-order valence-electron chi connectivity index (χ1n) is 5.47. The second kappa shape index (κ2) is 7.65. The van der Waals surface area contributed by atoms with E-state index >= 15 is 0 Å². The molecule has 4 heteroatoms. The summed E-state index contributed by atoms with van der Waals surface area (Å²) in [4.78, 5) is 20.2. The minimum atomic E-state index is -1.85. The van der Waals surface area contributed by atoms with Gasteiger partial charge in [0.15, 0.2) is 8.32 Å². The Morgan fingerprint density at radius 3 is 2.47 bits per heavy atom. The minimum Gasteiger partial charge on any atom is -0.463 e. The Kier molecular flexibility index (Phi) is 7.34. The van der Waals surface area contributed by atoms with Crippen LogP contribution in [0, 0.1) is 0 Å². The van der Waals surface area contributed by atoms with E-state index in [9.17, 15) is 9.59 Å². The lowest BCUT2D eigenvalue weighted by Gasteiger charge is -2.12. The molecule has 0 heterocycles. The molecule has 0 aromatic carbocycles. The maximum absolute atomic E-state index is 10.7. The fraction of sp³-hybridized carbons (Fsp3) is 0.727. The summed E-state index contributed by atoms with van der Waals surface area (Å²) < 4.78 is 4.84.